The molecule has 0 aliphatic carbocycles. The molecule has 2 aliphatic rings. The molecule has 78 valence electrons. The van der Waals surface area contributed by atoms with Gasteiger partial charge in [0.1, 0.15) is 0 Å². The van der Waals surface area contributed by atoms with Crippen molar-refractivity contribution in [1.82, 2.24) is 10.6 Å². The summed E-state index contributed by atoms with van der Waals surface area (Å²) in [5, 5.41) is 7.16. The average molecular weight is 192 g/mol. The van der Waals surface area contributed by atoms with Gasteiger partial charge in [-0.1, -0.05) is 12.2 Å². The largest absolute Gasteiger partial charge is 0.381 e. The second-order valence-corrected chi connectivity index (χ2v) is 4.49. The first-order chi connectivity index (χ1) is 6.75. The standard InChI is InChI=1S/C12H20N2/c1-9-5-3-7-11(13-9)12-8-4-6-10(2)14-12/h3,5,7,9-10,12-14H,4,6,8H2,1-2H3. The van der Waals surface area contributed by atoms with Gasteiger partial charge in [-0.25, -0.2) is 0 Å². The van der Waals surface area contributed by atoms with E-state index in [1.54, 1.807) is 0 Å². The molecular formula is C12H20N2. The van der Waals surface area contributed by atoms with Crippen LogP contribution in [0.5, 0.6) is 0 Å². The second-order valence-electron chi connectivity index (χ2n) is 4.49. The Morgan fingerprint density at radius 3 is 2.86 bits per heavy atom. The number of nitrogens with one attached hydrogen (secondary N) is 2. The molecule has 0 saturated carbocycles. The quantitative estimate of drug-likeness (QED) is 0.663. The second kappa shape index (κ2) is 4.18. The molecule has 14 heavy (non-hydrogen) atoms. The Bertz CT molecular complexity index is 255. The van der Waals surface area contributed by atoms with Crippen molar-refractivity contribution < 1.29 is 0 Å². The molecule has 2 nitrogen and oxygen atoms in total. The molecule has 2 N–H and O–H groups in total. The number of dihydropyridines is 1. The van der Waals surface area contributed by atoms with Crippen molar-refractivity contribution in [3.05, 3.63) is 23.9 Å². The van der Waals surface area contributed by atoms with Crippen molar-refractivity contribution in [2.24, 2.45) is 0 Å². The molecule has 2 heteroatoms. The molecule has 0 amide bonds. The summed E-state index contributed by atoms with van der Waals surface area (Å²) in [6.07, 6.45) is 10.5. The van der Waals surface area contributed by atoms with E-state index in [1.165, 1.54) is 25.0 Å². The first-order valence-corrected chi connectivity index (χ1v) is 5.66. The summed E-state index contributed by atoms with van der Waals surface area (Å²) in [5.41, 5.74) is 1.37. The molecule has 0 aromatic rings. The van der Waals surface area contributed by atoms with Crippen LogP contribution < -0.4 is 10.6 Å². The predicted octanol–water partition coefficient (Wildman–Crippen LogP) is 1.95. The first kappa shape index (κ1) is 9.78. The lowest BCUT2D eigenvalue weighted by Gasteiger charge is -2.33. The Balaban J connectivity index is 2.00. The monoisotopic (exact) mass is 192 g/mol. The smallest absolute Gasteiger partial charge is 0.0471 e. The summed E-state index contributed by atoms with van der Waals surface area (Å²) in [6, 6.07) is 1.69. The topological polar surface area (TPSA) is 24.1 Å². The third kappa shape index (κ3) is 2.18. The fraction of sp³-hybridized carbons (Fsp3) is 0.667. The number of piperidine rings is 1. The molecule has 0 spiro atoms. The SMILES string of the molecule is CC1C=CC=C(C2CCCC(C)N2)N1. The van der Waals surface area contributed by atoms with Gasteiger partial charge in [0.05, 0.1) is 0 Å². The van der Waals surface area contributed by atoms with Crippen LogP contribution in [0.4, 0.5) is 0 Å². The molecule has 3 unspecified atom stereocenters. The Morgan fingerprint density at radius 2 is 2.14 bits per heavy atom. The van der Waals surface area contributed by atoms with E-state index in [0.29, 0.717) is 18.1 Å². The summed E-state index contributed by atoms with van der Waals surface area (Å²) >= 11 is 0. The van der Waals surface area contributed by atoms with Crippen LogP contribution in [0.25, 0.3) is 0 Å². The van der Waals surface area contributed by atoms with Gasteiger partial charge in [0.25, 0.3) is 0 Å². The normalized spacial score (nSPS) is 37.6. The number of hydrogen-bond donors (Lipinski definition) is 2. The highest BCUT2D eigenvalue weighted by molar-refractivity contribution is 5.23. The maximum Gasteiger partial charge on any atom is 0.0471 e. The Morgan fingerprint density at radius 1 is 1.29 bits per heavy atom. The van der Waals surface area contributed by atoms with E-state index in [2.05, 4.69) is 42.7 Å². The minimum Gasteiger partial charge on any atom is -0.381 e. The lowest BCUT2D eigenvalue weighted by Crippen LogP contribution is -2.46. The fourth-order valence-corrected chi connectivity index (χ4v) is 2.29. The summed E-state index contributed by atoms with van der Waals surface area (Å²) in [4.78, 5) is 0. The van der Waals surface area contributed by atoms with Gasteiger partial charge in [-0.2, -0.15) is 0 Å². The zero-order valence-corrected chi connectivity index (χ0v) is 9.09. The van der Waals surface area contributed by atoms with Crippen LogP contribution in [0, 0.1) is 0 Å². The van der Waals surface area contributed by atoms with Gasteiger partial charge >= 0.3 is 0 Å². The van der Waals surface area contributed by atoms with Gasteiger partial charge in [-0.3, -0.25) is 0 Å². The third-order valence-electron chi connectivity index (χ3n) is 3.06. The van der Waals surface area contributed by atoms with Crippen LogP contribution in [0.1, 0.15) is 33.1 Å². The van der Waals surface area contributed by atoms with E-state index in [9.17, 15) is 0 Å². The van der Waals surface area contributed by atoms with Gasteiger partial charge in [0.2, 0.25) is 0 Å². The van der Waals surface area contributed by atoms with Gasteiger partial charge in [0.15, 0.2) is 0 Å². The molecule has 1 saturated heterocycles. The van der Waals surface area contributed by atoms with Crippen LogP contribution in [-0.2, 0) is 0 Å². The molecule has 2 heterocycles. The van der Waals surface area contributed by atoms with Crippen molar-refractivity contribution in [1.29, 1.82) is 0 Å². The highest BCUT2D eigenvalue weighted by Crippen LogP contribution is 2.18. The first-order valence-electron chi connectivity index (χ1n) is 5.66. The number of rotatable bonds is 1. The van der Waals surface area contributed by atoms with Crippen molar-refractivity contribution in [3.63, 3.8) is 0 Å². The molecule has 3 atom stereocenters. The van der Waals surface area contributed by atoms with Gasteiger partial charge in [-0.15, -0.1) is 0 Å². The van der Waals surface area contributed by atoms with E-state index in [1.807, 2.05) is 0 Å². The van der Waals surface area contributed by atoms with Gasteiger partial charge in [0, 0.05) is 23.8 Å². The Hall–Kier alpha value is -0.760. The molecule has 2 rings (SSSR count). The molecule has 0 aromatic carbocycles. The number of hydrogen-bond acceptors (Lipinski definition) is 2. The van der Waals surface area contributed by atoms with E-state index < -0.39 is 0 Å². The summed E-state index contributed by atoms with van der Waals surface area (Å²) < 4.78 is 0. The van der Waals surface area contributed by atoms with Crippen LogP contribution >= 0.6 is 0 Å². The van der Waals surface area contributed by atoms with Crippen LogP contribution in [-0.4, -0.2) is 18.1 Å². The minimum absolute atomic E-state index is 0.481. The molecule has 0 bridgehead atoms. The van der Waals surface area contributed by atoms with Crippen molar-refractivity contribution in [2.45, 2.75) is 51.2 Å². The zero-order valence-electron chi connectivity index (χ0n) is 9.09. The third-order valence-corrected chi connectivity index (χ3v) is 3.06. The molecular weight excluding hydrogens is 172 g/mol. The van der Waals surface area contributed by atoms with Crippen molar-refractivity contribution in [2.75, 3.05) is 0 Å². The highest BCUT2D eigenvalue weighted by atomic mass is 15.0. The maximum atomic E-state index is 3.64. The van der Waals surface area contributed by atoms with Crippen molar-refractivity contribution in [3.8, 4) is 0 Å². The van der Waals surface area contributed by atoms with Gasteiger partial charge < -0.3 is 10.6 Å². The summed E-state index contributed by atoms with van der Waals surface area (Å²) in [7, 11) is 0. The molecule has 2 aliphatic heterocycles. The van der Waals surface area contributed by atoms with Crippen LogP contribution in [0.15, 0.2) is 23.9 Å². The van der Waals surface area contributed by atoms with E-state index in [0.717, 1.165) is 0 Å². The Labute approximate surface area is 86.5 Å². The molecule has 0 radical (unpaired) electrons. The number of allylic oxidation sites excluding steroid dienone is 2. The van der Waals surface area contributed by atoms with Crippen LogP contribution in [0.2, 0.25) is 0 Å². The van der Waals surface area contributed by atoms with E-state index >= 15 is 0 Å². The summed E-state index contributed by atoms with van der Waals surface area (Å²) in [6.45, 7) is 4.46. The lowest BCUT2D eigenvalue weighted by atomic mass is 9.96. The lowest BCUT2D eigenvalue weighted by molar-refractivity contribution is 0.351. The Kier molecular flexibility index (Phi) is 2.92. The van der Waals surface area contributed by atoms with Crippen LogP contribution in [0.3, 0.4) is 0 Å². The zero-order chi connectivity index (χ0) is 9.97. The fourth-order valence-electron chi connectivity index (χ4n) is 2.29. The highest BCUT2D eigenvalue weighted by Gasteiger charge is 2.22. The maximum absolute atomic E-state index is 3.64. The van der Waals surface area contributed by atoms with Gasteiger partial charge in [-0.05, 0) is 39.2 Å². The molecule has 1 fully saturated rings. The van der Waals surface area contributed by atoms with E-state index in [-0.39, 0.29) is 0 Å². The van der Waals surface area contributed by atoms with Crippen molar-refractivity contribution >= 4 is 0 Å². The summed E-state index contributed by atoms with van der Waals surface area (Å²) in [5.74, 6) is 0. The average Bonchev–Trinajstić information content (AvgIpc) is 2.18. The molecule has 0 aromatic heterocycles. The van der Waals surface area contributed by atoms with E-state index in [4.69, 9.17) is 0 Å². The minimum atomic E-state index is 0.481. The predicted molar refractivity (Wildman–Crippen MR) is 60.1 cm³/mol.